The van der Waals surface area contributed by atoms with Crippen molar-refractivity contribution in [2.24, 2.45) is 0 Å². The van der Waals surface area contributed by atoms with Gasteiger partial charge >= 0.3 is 0 Å². The van der Waals surface area contributed by atoms with E-state index in [1.165, 1.54) is 28.4 Å². The number of fused-ring (bicyclic) bond motifs is 1. The molecule has 148 valence electrons. The van der Waals surface area contributed by atoms with Crippen molar-refractivity contribution in [1.82, 2.24) is 4.90 Å². The summed E-state index contributed by atoms with van der Waals surface area (Å²) in [6.07, 6.45) is 2.35. The Balaban J connectivity index is 1.33. The molecule has 0 radical (unpaired) electrons. The molecule has 0 bridgehead atoms. The summed E-state index contributed by atoms with van der Waals surface area (Å²) in [5.41, 5.74) is 2.50. The number of quaternary nitrogens is 1. The van der Waals surface area contributed by atoms with Gasteiger partial charge in [-0.1, -0.05) is 24.3 Å². The molecule has 0 aliphatic carbocycles. The Labute approximate surface area is 163 Å². The minimum atomic E-state index is -0.257. The average molecular weight is 385 g/mol. The van der Waals surface area contributed by atoms with E-state index in [-0.39, 0.29) is 23.7 Å². The van der Waals surface area contributed by atoms with E-state index in [1.807, 2.05) is 0 Å². The molecule has 1 unspecified atom stereocenters. The van der Waals surface area contributed by atoms with Crippen molar-refractivity contribution in [3.63, 3.8) is 0 Å². The second-order valence-electron chi connectivity index (χ2n) is 7.23. The van der Waals surface area contributed by atoms with Gasteiger partial charge in [-0.25, -0.2) is 0 Å². The van der Waals surface area contributed by atoms with Crippen molar-refractivity contribution < 1.29 is 23.6 Å². The number of amides is 1. The summed E-state index contributed by atoms with van der Waals surface area (Å²) in [6, 6.07) is 9.95. The first kappa shape index (κ1) is 18.7. The van der Waals surface area contributed by atoms with Crippen LogP contribution in [0.5, 0.6) is 5.75 Å². The first-order valence-electron chi connectivity index (χ1n) is 9.69. The number of hydrogen-bond donors (Lipinski definition) is 1. The Morgan fingerprint density at radius 1 is 1.18 bits per heavy atom. The minimum absolute atomic E-state index is 0.0735. The lowest BCUT2D eigenvalue weighted by Crippen LogP contribution is -3.10. The molecule has 0 saturated carbocycles. The number of benzene rings is 1. The van der Waals surface area contributed by atoms with Crippen LogP contribution in [0.15, 0.2) is 45.8 Å². The molecule has 1 saturated heterocycles. The quantitative estimate of drug-likeness (QED) is 0.786. The largest absolute Gasteiger partial charge is 0.477 e. The topological polar surface area (TPSA) is 73.4 Å². The molecule has 1 amide bonds. The van der Waals surface area contributed by atoms with Crippen LogP contribution in [0.4, 0.5) is 0 Å². The SMILES string of the molecule is O=C(COc1coc(C[NH+]2CCc3ccccc3C2)cc1=O)N1CCOCC1. The summed E-state index contributed by atoms with van der Waals surface area (Å²) >= 11 is 0. The van der Waals surface area contributed by atoms with Crippen LogP contribution in [0.25, 0.3) is 0 Å². The molecule has 1 aromatic heterocycles. The Morgan fingerprint density at radius 2 is 1.96 bits per heavy atom. The van der Waals surface area contributed by atoms with Crippen LogP contribution in [-0.4, -0.2) is 50.3 Å². The van der Waals surface area contributed by atoms with E-state index in [0.29, 0.717) is 38.6 Å². The molecule has 2 aliphatic rings. The van der Waals surface area contributed by atoms with Crippen LogP contribution in [0.1, 0.15) is 16.9 Å². The van der Waals surface area contributed by atoms with E-state index in [0.717, 1.165) is 19.5 Å². The maximum atomic E-state index is 12.3. The van der Waals surface area contributed by atoms with Gasteiger partial charge < -0.3 is 23.7 Å². The Morgan fingerprint density at radius 3 is 2.75 bits per heavy atom. The van der Waals surface area contributed by atoms with Gasteiger partial charge in [0.15, 0.2) is 12.4 Å². The number of carbonyl (C=O) groups is 1. The first-order valence-corrected chi connectivity index (χ1v) is 9.69. The van der Waals surface area contributed by atoms with Gasteiger partial charge in [0.2, 0.25) is 11.2 Å². The van der Waals surface area contributed by atoms with Crippen LogP contribution in [0, 0.1) is 0 Å². The van der Waals surface area contributed by atoms with E-state index in [2.05, 4.69) is 24.3 Å². The average Bonchev–Trinajstić information content (AvgIpc) is 2.73. The number of hydrogen-bond acceptors (Lipinski definition) is 5. The molecule has 1 N–H and O–H groups in total. The summed E-state index contributed by atoms with van der Waals surface area (Å²) in [6.45, 7) is 4.58. The fourth-order valence-corrected chi connectivity index (χ4v) is 3.72. The zero-order valence-electron chi connectivity index (χ0n) is 15.8. The monoisotopic (exact) mass is 385 g/mol. The highest BCUT2D eigenvalue weighted by Gasteiger charge is 2.21. The van der Waals surface area contributed by atoms with Crippen molar-refractivity contribution in [3.05, 3.63) is 63.7 Å². The number of nitrogens with one attached hydrogen (secondary N) is 1. The van der Waals surface area contributed by atoms with Crippen molar-refractivity contribution in [2.45, 2.75) is 19.5 Å². The van der Waals surface area contributed by atoms with E-state index < -0.39 is 0 Å². The second-order valence-corrected chi connectivity index (χ2v) is 7.23. The van der Waals surface area contributed by atoms with Crippen LogP contribution < -0.4 is 15.1 Å². The summed E-state index contributed by atoms with van der Waals surface area (Å²) in [7, 11) is 0. The van der Waals surface area contributed by atoms with Gasteiger partial charge in [0.1, 0.15) is 19.4 Å². The maximum absolute atomic E-state index is 12.3. The molecule has 7 nitrogen and oxygen atoms in total. The third-order valence-corrected chi connectivity index (χ3v) is 5.30. The standard InChI is InChI=1S/C21H24N2O5/c24-19-11-18(13-22-6-5-16-3-1-2-4-17(16)12-22)27-14-20(19)28-15-21(25)23-7-9-26-10-8-23/h1-4,11,14H,5-10,12-13,15H2/p+1. The van der Waals surface area contributed by atoms with E-state index in [1.54, 1.807) is 4.90 Å². The third kappa shape index (κ3) is 4.43. The second kappa shape index (κ2) is 8.58. The summed E-state index contributed by atoms with van der Waals surface area (Å²) in [5, 5.41) is 0. The molecule has 2 aliphatic heterocycles. The van der Waals surface area contributed by atoms with Crippen molar-refractivity contribution in [1.29, 1.82) is 0 Å². The highest BCUT2D eigenvalue weighted by Crippen LogP contribution is 2.11. The lowest BCUT2D eigenvalue weighted by molar-refractivity contribution is -0.930. The lowest BCUT2D eigenvalue weighted by Gasteiger charge is -2.26. The Hall–Kier alpha value is -2.64. The van der Waals surface area contributed by atoms with Crippen molar-refractivity contribution in [3.8, 4) is 5.75 Å². The predicted octanol–water partition coefficient (Wildman–Crippen LogP) is 0.0186. The Bertz CT molecular complexity index is 888. The summed E-state index contributed by atoms with van der Waals surface area (Å²) < 4.78 is 16.2. The molecule has 0 spiro atoms. The zero-order valence-corrected chi connectivity index (χ0v) is 15.8. The number of nitrogens with zero attached hydrogens (tertiary/aromatic N) is 1. The highest BCUT2D eigenvalue weighted by atomic mass is 16.5. The van der Waals surface area contributed by atoms with Gasteiger partial charge in [-0.15, -0.1) is 0 Å². The van der Waals surface area contributed by atoms with Gasteiger partial charge in [-0.3, -0.25) is 9.59 Å². The predicted molar refractivity (Wildman–Crippen MR) is 101 cm³/mol. The molecule has 1 aromatic carbocycles. The maximum Gasteiger partial charge on any atom is 0.260 e. The van der Waals surface area contributed by atoms with Gasteiger partial charge in [0.25, 0.3) is 5.91 Å². The number of morpholine rings is 1. The van der Waals surface area contributed by atoms with E-state index in [4.69, 9.17) is 13.9 Å². The number of carbonyl (C=O) groups excluding carboxylic acids is 1. The summed E-state index contributed by atoms with van der Waals surface area (Å²) in [4.78, 5) is 27.5. The van der Waals surface area contributed by atoms with Crippen molar-refractivity contribution >= 4 is 5.91 Å². The first-order chi connectivity index (χ1) is 13.7. The Kier molecular flexibility index (Phi) is 5.73. The minimum Gasteiger partial charge on any atom is -0.477 e. The molecule has 3 heterocycles. The molecule has 28 heavy (non-hydrogen) atoms. The smallest absolute Gasteiger partial charge is 0.260 e. The van der Waals surface area contributed by atoms with Gasteiger partial charge in [0, 0.05) is 31.1 Å². The molecule has 4 rings (SSSR count). The third-order valence-electron chi connectivity index (χ3n) is 5.30. The van der Waals surface area contributed by atoms with Crippen LogP contribution in [0.2, 0.25) is 0 Å². The number of rotatable bonds is 5. The fraction of sp³-hybridized carbons (Fsp3) is 0.429. The molecule has 7 heteroatoms. The summed E-state index contributed by atoms with van der Waals surface area (Å²) in [5.74, 6) is 0.554. The molecule has 1 atom stereocenters. The van der Waals surface area contributed by atoms with Crippen LogP contribution in [-0.2, 0) is 29.0 Å². The van der Waals surface area contributed by atoms with Crippen LogP contribution >= 0.6 is 0 Å². The van der Waals surface area contributed by atoms with Gasteiger partial charge in [-0.05, 0) is 5.56 Å². The lowest BCUT2D eigenvalue weighted by atomic mass is 10.00. The molecular weight excluding hydrogens is 360 g/mol. The normalized spacial score (nSPS) is 19.1. The van der Waals surface area contributed by atoms with E-state index >= 15 is 0 Å². The zero-order chi connectivity index (χ0) is 19.3. The number of ether oxygens (including phenoxy) is 2. The fourth-order valence-electron chi connectivity index (χ4n) is 3.72. The van der Waals surface area contributed by atoms with E-state index in [9.17, 15) is 9.59 Å². The highest BCUT2D eigenvalue weighted by molar-refractivity contribution is 5.77. The van der Waals surface area contributed by atoms with Crippen LogP contribution in [0.3, 0.4) is 0 Å². The molecule has 2 aromatic rings. The molecular formula is C21H25N2O5+. The van der Waals surface area contributed by atoms with Gasteiger partial charge in [-0.2, -0.15) is 0 Å². The van der Waals surface area contributed by atoms with Gasteiger partial charge in [0.05, 0.1) is 19.8 Å². The van der Waals surface area contributed by atoms with Crippen molar-refractivity contribution in [2.75, 3.05) is 39.5 Å². The molecule has 1 fully saturated rings.